The van der Waals surface area contributed by atoms with E-state index in [4.69, 9.17) is 4.74 Å². The number of fused-ring (bicyclic) bond motifs is 3. The molecule has 0 fully saturated rings. The molecule has 0 saturated carbocycles. The van der Waals surface area contributed by atoms with E-state index >= 15 is 0 Å². The summed E-state index contributed by atoms with van der Waals surface area (Å²) in [7, 11) is 0. The van der Waals surface area contributed by atoms with Gasteiger partial charge in [-0.25, -0.2) is 9.67 Å². The molecule has 0 radical (unpaired) electrons. The number of para-hydroxylation sites is 1. The molecule has 170 valence electrons. The second-order valence-corrected chi connectivity index (χ2v) is 8.06. The van der Waals surface area contributed by atoms with Gasteiger partial charge >= 0.3 is 0 Å². The normalized spacial score (nSPS) is 11.0. The predicted octanol–water partition coefficient (Wildman–Crippen LogP) is 6.57. The first-order chi connectivity index (χ1) is 16.2. The SMILES string of the molecule is Cc1cc(C)n(-c2cccc(Oc3[c-]c4c(cc3)c3ccccc3n4-c3ccccn3)c2)n1.[Pt]. The first-order valence-electron chi connectivity index (χ1n) is 10.9. The summed E-state index contributed by atoms with van der Waals surface area (Å²) in [6.45, 7) is 4.04. The standard InChI is InChI=1S/C28H21N4O.Pt/c1-19-16-20(2)32(30-19)21-8-7-9-22(17-21)33-23-13-14-25-24-10-3-4-11-26(24)31(27(25)18-23)28-12-5-6-15-29-28;/h3-17H,1-2H3;/q-1;. The van der Waals surface area contributed by atoms with Crippen LogP contribution in [-0.2, 0) is 21.1 Å². The van der Waals surface area contributed by atoms with E-state index in [1.165, 1.54) is 0 Å². The molecule has 0 spiro atoms. The maximum absolute atomic E-state index is 6.25. The molecule has 0 atom stereocenters. The van der Waals surface area contributed by atoms with Gasteiger partial charge in [0.2, 0.25) is 0 Å². The van der Waals surface area contributed by atoms with Gasteiger partial charge in [-0.05, 0) is 55.6 Å². The maximum atomic E-state index is 6.25. The molecule has 0 aliphatic rings. The van der Waals surface area contributed by atoms with Crippen LogP contribution in [0.1, 0.15) is 11.4 Å². The van der Waals surface area contributed by atoms with Gasteiger partial charge in [0.05, 0.1) is 11.4 Å². The minimum atomic E-state index is 0. The number of hydrogen-bond acceptors (Lipinski definition) is 3. The molecule has 3 aromatic heterocycles. The van der Waals surface area contributed by atoms with Crippen molar-refractivity contribution in [3.63, 3.8) is 0 Å². The summed E-state index contributed by atoms with van der Waals surface area (Å²) >= 11 is 0. The van der Waals surface area contributed by atoms with Crippen LogP contribution >= 0.6 is 0 Å². The summed E-state index contributed by atoms with van der Waals surface area (Å²) in [6, 6.07) is 31.8. The minimum absolute atomic E-state index is 0. The van der Waals surface area contributed by atoms with Crippen LogP contribution in [0.3, 0.4) is 0 Å². The van der Waals surface area contributed by atoms with E-state index in [1.807, 2.05) is 73.1 Å². The van der Waals surface area contributed by atoms with Gasteiger partial charge in [-0.15, -0.1) is 17.5 Å². The summed E-state index contributed by atoms with van der Waals surface area (Å²) in [6.07, 6.45) is 1.81. The van der Waals surface area contributed by atoms with Crippen LogP contribution in [0, 0.1) is 19.9 Å². The zero-order valence-electron chi connectivity index (χ0n) is 18.7. The number of aryl methyl sites for hydroxylation is 2. The van der Waals surface area contributed by atoms with Crippen LogP contribution in [0.4, 0.5) is 0 Å². The van der Waals surface area contributed by atoms with Crippen molar-refractivity contribution in [3.8, 4) is 23.0 Å². The summed E-state index contributed by atoms with van der Waals surface area (Å²) in [5.41, 5.74) is 5.05. The van der Waals surface area contributed by atoms with Gasteiger partial charge < -0.3 is 9.30 Å². The van der Waals surface area contributed by atoms with E-state index in [1.54, 1.807) is 6.20 Å². The monoisotopic (exact) mass is 624 g/mol. The van der Waals surface area contributed by atoms with Crippen molar-refractivity contribution >= 4 is 21.8 Å². The zero-order valence-corrected chi connectivity index (χ0v) is 20.9. The zero-order chi connectivity index (χ0) is 22.4. The molecular weight excluding hydrogens is 603 g/mol. The van der Waals surface area contributed by atoms with Gasteiger partial charge in [-0.2, -0.15) is 11.2 Å². The van der Waals surface area contributed by atoms with E-state index in [0.29, 0.717) is 5.75 Å². The van der Waals surface area contributed by atoms with Gasteiger partial charge in [-0.3, -0.25) is 0 Å². The summed E-state index contributed by atoms with van der Waals surface area (Å²) in [5.74, 6) is 2.23. The fourth-order valence-electron chi connectivity index (χ4n) is 4.35. The smallest absolute Gasteiger partial charge is 0.135 e. The van der Waals surface area contributed by atoms with Crippen LogP contribution in [-0.4, -0.2) is 19.3 Å². The molecule has 0 bridgehead atoms. The predicted molar refractivity (Wildman–Crippen MR) is 131 cm³/mol. The van der Waals surface area contributed by atoms with Gasteiger partial charge in [0.15, 0.2) is 0 Å². The van der Waals surface area contributed by atoms with Gasteiger partial charge in [0, 0.05) is 50.3 Å². The summed E-state index contributed by atoms with van der Waals surface area (Å²) in [5, 5.41) is 6.85. The Hall–Kier alpha value is -3.69. The molecule has 3 heterocycles. The number of nitrogens with zero attached hydrogens (tertiary/aromatic N) is 4. The molecule has 0 aliphatic carbocycles. The Balaban J connectivity index is 0.00000241. The molecule has 0 saturated heterocycles. The van der Waals surface area contributed by atoms with Crippen molar-refractivity contribution in [3.05, 3.63) is 109 Å². The van der Waals surface area contributed by atoms with Crippen LogP contribution in [0.25, 0.3) is 33.3 Å². The number of pyridine rings is 1. The third kappa shape index (κ3) is 3.82. The molecule has 6 aromatic rings. The second-order valence-electron chi connectivity index (χ2n) is 8.06. The van der Waals surface area contributed by atoms with E-state index in [0.717, 1.165) is 50.4 Å². The Morgan fingerprint density at radius 2 is 1.68 bits per heavy atom. The fourth-order valence-corrected chi connectivity index (χ4v) is 4.35. The Bertz CT molecular complexity index is 1620. The van der Waals surface area contributed by atoms with Gasteiger partial charge in [0.25, 0.3) is 0 Å². The molecule has 6 heteroatoms. The minimum Gasteiger partial charge on any atom is -0.483 e. The molecule has 0 aliphatic heterocycles. The first-order valence-corrected chi connectivity index (χ1v) is 10.9. The van der Waals surface area contributed by atoms with Crippen molar-refractivity contribution in [1.82, 2.24) is 19.3 Å². The number of ether oxygens (including phenoxy) is 1. The van der Waals surface area contributed by atoms with E-state index < -0.39 is 0 Å². The molecule has 3 aromatic carbocycles. The third-order valence-electron chi connectivity index (χ3n) is 5.73. The maximum Gasteiger partial charge on any atom is 0.135 e. The van der Waals surface area contributed by atoms with Crippen molar-refractivity contribution in [2.75, 3.05) is 0 Å². The Morgan fingerprint density at radius 1 is 0.824 bits per heavy atom. The first kappa shape index (κ1) is 22.1. The van der Waals surface area contributed by atoms with Crippen molar-refractivity contribution < 1.29 is 25.8 Å². The number of hydrogen-bond donors (Lipinski definition) is 0. The number of aromatic nitrogens is 4. The van der Waals surface area contributed by atoms with E-state index in [9.17, 15) is 0 Å². The molecule has 34 heavy (non-hydrogen) atoms. The fraction of sp³-hybridized carbons (Fsp3) is 0.0714. The topological polar surface area (TPSA) is 44.9 Å². The summed E-state index contributed by atoms with van der Waals surface area (Å²) in [4.78, 5) is 4.58. The van der Waals surface area contributed by atoms with Crippen molar-refractivity contribution in [2.24, 2.45) is 0 Å². The van der Waals surface area contributed by atoms with Gasteiger partial charge in [0.1, 0.15) is 11.6 Å². The van der Waals surface area contributed by atoms with E-state index in [-0.39, 0.29) is 21.1 Å². The van der Waals surface area contributed by atoms with Crippen LogP contribution in [0.5, 0.6) is 11.5 Å². The van der Waals surface area contributed by atoms with Gasteiger partial charge in [-0.1, -0.05) is 35.8 Å². The van der Waals surface area contributed by atoms with Crippen LogP contribution in [0.2, 0.25) is 0 Å². The molecule has 6 rings (SSSR count). The Kier molecular flexibility index (Phi) is 5.80. The van der Waals surface area contributed by atoms with E-state index in [2.05, 4.69) is 51.0 Å². The second kappa shape index (κ2) is 8.92. The van der Waals surface area contributed by atoms with Crippen LogP contribution in [0.15, 0.2) is 91.1 Å². The molecule has 0 N–H and O–H groups in total. The molecule has 5 nitrogen and oxygen atoms in total. The van der Waals surface area contributed by atoms with Crippen molar-refractivity contribution in [1.29, 1.82) is 0 Å². The Morgan fingerprint density at radius 3 is 2.47 bits per heavy atom. The summed E-state index contributed by atoms with van der Waals surface area (Å²) < 4.78 is 10.3. The molecular formula is C28H21N4OPt-. The third-order valence-corrected chi connectivity index (χ3v) is 5.73. The largest absolute Gasteiger partial charge is 0.483 e. The average molecular weight is 625 g/mol. The number of rotatable bonds is 4. The van der Waals surface area contributed by atoms with Crippen molar-refractivity contribution in [2.45, 2.75) is 13.8 Å². The molecule has 0 unspecified atom stereocenters. The number of benzene rings is 3. The Labute approximate surface area is 211 Å². The van der Waals surface area contributed by atoms with Crippen LogP contribution < -0.4 is 4.74 Å². The molecule has 0 amide bonds. The average Bonchev–Trinajstić information content (AvgIpc) is 3.35. The quantitative estimate of drug-likeness (QED) is 0.209.